The Morgan fingerprint density at radius 3 is 2.48 bits per heavy atom. The standard InChI is InChI=1S/C27H29N3O3/c1-32-22-12-10-21(11-13-22)29-14-15-30-25-9-4-3-6-19(25)16-24(26(30)18-29)27(31)28-20-7-5-8-23(17-20)33-2/h3-13,17,24,26H,14-16,18H2,1-2H3,(H,28,31)/t24-,26+/m0/s1. The van der Waals surface area contributed by atoms with E-state index in [1.165, 1.54) is 11.3 Å². The van der Waals surface area contributed by atoms with Crippen molar-refractivity contribution in [2.24, 2.45) is 5.92 Å². The van der Waals surface area contributed by atoms with Crippen LogP contribution in [-0.4, -0.2) is 45.8 Å². The number of anilines is 3. The number of rotatable bonds is 5. The summed E-state index contributed by atoms with van der Waals surface area (Å²) in [6.45, 7) is 2.56. The molecule has 6 nitrogen and oxygen atoms in total. The van der Waals surface area contributed by atoms with Crippen molar-refractivity contribution in [2.45, 2.75) is 12.5 Å². The average Bonchev–Trinajstić information content (AvgIpc) is 2.88. The molecule has 1 amide bonds. The SMILES string of the molecule is COc1ccc(N2CCN3c4ccccc4C[C@H](C(=O)Nc4cccc(OC)c4)[C@H]3C2)cc1. The largest absolute Gasteiger partial charge is 0.497 e. The van der Waals surface area contributed by atoms with Gasteiger partial charge in [-0.1, -0.05) is 24.3 Å². The van der Waals surface area contributed by atoms with Crippen molar-refractivity contribution >= 4 is 23.0 Å². The topological polar surface area (TPSA) is 54.0 Å². The number of amides is 1. The number of para-hydroxylation sites is 1. The maximum atomic E-state index is 13.5. The predicted molar refractivity (Wildman–Crippen MR) is 132 cm³/mol. The molecule has 0 spiro atoms. The van der Waals surface area contributed by atoms with E-state index >= 15 is 0 Å². The van der Waals surface area contributed by atoms with Gasteiger partial charge in [-0.2, -0.15) is 0 Å². The van der Waals surface area contributed by atoms with Gasteiger partial charge in [-0.3, -0.25) is 4.79 Å². The summed E-state index contributed by atoms with van der Waals surface area (Å²) in [6.07, 6.45) is 0.726. The summed E-state index contributed by atoms with van der Waals surface area (Å²) < 4.78 is 10.6. The lowest BCUT2D eigenvalue weighted by molar-refractivity contribution is -0.120. The van der Waals surface area contributed by atoms with Gasteiger partial charge in [0.25, 0.3) is 0 Å². The minimum Gasteiger partial charge on any atom is -0.497 e. The van der Waals surface area contributed by atoms with Crippen LogP contribution in [0.2, 0.25) is 0 Å². The van der Waals surface area contributed by atoms with Gasteiger partial charge < -0.3 is 24.6 Å². The molecule has 1 N–H and O–H groups in total. The number of nitrogens with one attached hydrogen (secondary N) is 1. The smallest absolute Gasteiger partial charge is 0.229 e. The molecule has 3 aromatic rings. The number of ether oxygens (including phenoxy) is 2. The van der Waals surface area contributed by atoms with Crippen LogP contribution in [0.15, 0.2) is 72.8 Å². The highest BCUT2D eigenvalue weighted by Crippen LogP contribution is 2.37. The Bertz CT molecular complexity index is 1130. The number of carbonyl (C=O) groups is 1. The third kappa shape index (κ3) is 4.21. The minimum absolute atomic E-state index is 0.0457. The van der Waals surface area contributed by atoms with E-state index in [1.54, 1.807) is 14.2 Å². The zero-order valence-corrected chi connectivity index (χ0v) is 19.0. The highest BCUT2D eigenvalue weighted by atomic mass is 16.5. The second-order valence-corrected chi connectivity index (χ2v) is 8.57. The number of hydrogen-bond acceptors (Lipinski definition) is 5. The molecule has 0 saturated carbocycles. The van der Waals surface area contributed by atoms with E-state index < -0.39 is 0 Å². The molecule has 0 aliphatic carbocycles. The first-order valence-corrected chi connectivity index (χ1v) is 11.3. The van der Waals surface area contributed by atoms with Crippen molar-refractivity contribution in [1.29, 1.82) is 0 Å². The van der Waals surface area contributed by atoms with Gasteiger partial charge in [0.1, 0.15) is 11.5 Å². The molecule has 0 aromatic heterocycles. The van der Waals surface area contributed by atoms with E-state index in [9.17, 15) is 4.79 Å². The molecule has 5 rings (SSSR count). The highest BCUT2D eigenvalue weighted by Gasteiger charge is 2.41. The molecule has 1 fully saturated rings. The molecule has 6 heteroatoms. The van der Waals surface area contributed by atoms with Crippen molar-refractivity contribution in [1.82, 2.24) is 0 Å². The Morgan fingerprint density at radius 1 is 0.909 bits per heavy atom. The van der Waals surface area contributed by atoms with Crippen LogP contribution in [0.4, 0.5) is 17.1 Å². The van der Waals surface area contributed by atoms with Crippen LogP contribution in [0.3, 0.4) is 0 Å². The highest BCUT2D eigenvalue weighted by molar-refractivity contribution is 5.94. The van der Waals surface area contributed by atoms with Crippen LogP contribution in [0.5, 0.6) is 11.5 Å². The van der Waals surface area contributed by atoms with Crippen molar-refractivity contribution in [3.8, 4) is 11.5 Å². The molecule has 2 aliphatic heterocycles. The van der Waals surface area contributed by atoms with Crippen LogP contribution in [0.25, 0.3) is 0 Å². The van der Waals surface area contributed by atoms with E-state index in [0.29, 0.717) is 0 Å². The van der Waals surface area contributed by atoms with E-state index in [0.717, 1.165) is 48.9 Å². The second kappa shape index (κ2) is 9.06. The quantitative estimate of drug-likeness (QED) is 0.640. The molecule has 0 unspecified atom stereocenters. The van der Waals surface area contributed by atoms with Crippen molar-refractivity contribution in [2.75, 3.05) is 49.0 Å². The van der Waals surface area contributed by atoms with E-state index in [1.807, 2.05) is 36.4 Å². The third-order valence-corrected chi connectivity index (χ3v) is 6.74. The van der Waals surface area contributed by atoms with Crippen LogP contribution in [-0.2, 0) is 11.2 Å². The van der Waals surface area contributed by atoms with Crippen LogP contribution < -0.4 is 24.6 Å². The number of carbonyl (C=O) groups excluding carboxylic acids is 1. The summed E-state index contributed by atoms with van der Waals surface area (Å²) in [6, 6.07) is 24.3. The number of hydrogen-bond donors (Lipinski definition) is 1. The monoisotopic (exact) mass is 443 g/mol. The fraction of sp³-hybridized carbons (Fsp3) is 0.296. The first kappa shape index (κ1) is 21.2. The molecular weight excluding hydrogens is 414 g/mol. The van der Waals surface area contributed by atoms with Gasteiger partial charge >= 0.3 is 0 Å². The predicted octanol–water partition coefficient (Wildman–Crippen LogP) is 4.21. The van der Waals surface area contributed by atoms with Crippen LogP contribution in [0.1, 0.15) is 5.56 Å². The van der Waals surface area contributed by atoms with E-state index in [4.69, 9.17) is 9.47 Å². The van der Waals surface area contributed by atoms with Crippen molar-refractivity contribution in [3.63, 3.8) is 0 Å². The lowest BCUT2D eigenvalue weighted by atomic mass is 9.83. The lowest BCUT2D eigenvalue weighted by Gasteiger charge is -2.49. The van der Waals surface area contributed by atoms with Crippen molar-refractivity contribution < 1.29 is 14.3 Å². The number of fused-ring (bicyclic) bond motifs is 3. The zero-order chi connectivity index (χ0) is 22.8. The lowest BCUT2D eigenvalue weighted by Crippen LogP contribution is -2.60. The number of piperazine rings is 1. The molecule has 170 valence electrons. The van der Waals surface area contributed by atoms with Gasteiger partial charge in [0.15, 0.2) is 0 Å². The van der Waals surface area contributed by atoms with Gasteiger partial charge in [0.05, 0.1) is 26.2 Å². The molecule has 2 heterocycles. The Labute approximate surface area is 194 Å². The number of benzene rings is 3. The van der Waals surface area contributed by atoms with Crippen molar-refractivity contribution in [3.05, 3.63) is 78.4 Å². The van der Waals surface area contributed by atoms with Gasteiger partial charge in [-0.15, -0.1) is 0 Å². The number of nitrogens with zero attached hydrogens (tertiary/aromatic N) is 2. The molecule has 0 radical (unpaired) electrons. The molecule has 2 atom stereocenters. The maximum absolute atomic E-state index is 13.5. The van der Waals surface area contributed by atoms with Crippen LogP contribution in [0, 0.1) is 5.92 Å². The Morgan fingerprint density at radius 2 is 1.70 bits per heavy atom. The minimum atomic E-state index is -0.160. The molecular formula is C27H29N3O3. The normalized spacial score (nSPS) is 19.3. The molecule has 1 saturated heterocycles. The average molecular weight is 444 g/mol. The third-order valence-electron chi connectivity index (χ3n) is 6.74. The Kier molecular flexibility index (Phi) is 5.82. The first-order valence-electron chi connectivity index (χ1n) is 11.3. The van der Waals surface area contributed by atoms with Gasteiger partial charge in [-0.05, 0) is 54.4 Å². The molecule has 33 heavy (non-hydrogen) atoms. The van der Waals surface area contributed by atoms with Gasteiger partial charge in [-0.25, -0.2) is 0 Å². The number of methoxy groups -OCH3 is 2. The van der Waals surface area contributed by atoms with Gasteiger partial charge in [0, 0.05) is 42.8 Å². The van der Waals surface area contributed by atoms with E-state index in [2.05, 4.69) is 51.5 Å². The second-order valence-electron chi connectivity index (χ2n) is 8.57. The summed E-state index contributed by atoms with van der Waals surface area (Å²) in [5, 5.41) is 3.14. The summed E-state index contributed by atoms with van der Waals surface area (Å²) in [4.78, 5) is 18.3. The van der Waals surface area contributed by atoms with E-state index in [-0.39, 0.29) is 17.9 Å². The van der Waals surface area contributed by atoms with Gasteiger partial charge in [0.2, 0.25) is 5.91 Å². The summed E-state index contributed by atoms with van der Waals surface area (Å²) in [7, 11) is 3.31. The summed E-state index contributed by atoms with van der Waals surface area (Å²) >= 11 is 0. The summed E-state index contributed by atoms with van der Waals surface area (Å²) in [5.74, 6) is 1.46. The molecule has 0 bridgehead atoms. The summed E-state index contributed by atoms with van der Waals surface area (Å²) in [5.41, 5.74) is 4.40. The zero-order valence-electron chi connectivity index (χ0n) is 19.0. The van der Waals surface area contributed by atoms with Crippen LogP contribution >= 0.6 is 0 Å². The first-order chi connectivity index (χ1) is 16.2. The molecule has 3 aromatic carbocycles. The fourth-order valence-electron chi connectivity index (χ4n) is 5.02. The fourth-order valence-corrected chi connectivity index (χ4v) is 5.02. The Hall–Kier alpha value is -3.67. The Balaban J connectivity index is 1.42. The maximum Gasteiger partial charge on any atom is 0.229 e. The molecule has 2 aliphatic rings.